The van der Waals surface area contributed by atoms with Crippen molar-refractivity contribution in [3.05, 3.63) is 59.7 Å². The predicted molar refractivity (Wildman–Crippen MR) is 114 cm³/mol. The van der Waals surface area contributed by atoms with Crippen LogP contribution in [0.2, 0.25) is 0 Å². The van der Waals surface area contributed by atoms with E-state index < -0.39 is 48.9 Å². The molecule has 0 fully saturated rings. The molecule has 2 amide bonds. The summed E-state index contributed by atoms with van der Waals surface area (Å²) in [7, 11) is 0.982. The van der Waals surface area contributed by atoms with Gasteiger partial charge in [-0.3, -0.25) is 9.59 Å². The second-order valence-corrected chi connectivity index (χ2v) is 7.53. The number of ether oxygens (including phenoxy) is 2. The first-order valence-electron chi connectivity index (χ1n) is 10.2. The van der Waals surface area contributed by atoms with Gasteiger partial charge in [0.05, 0.1) is 20.1 Å². The van der Waals surface area contributed by atoms with Crippen LogP contribution >= 0.6 is 0 Å². The number of amides is 2. The third-order valence-electron chi connectivity index (χ3n) is 5.33. The van der Waals surface area contributed by atoms with Crippen LogP contribution in [0, 0.1) is 0 Å². The third kappa shape index (κ3) is 5.48. The van der Waals surface area contributed by atoms with Crippen molar-refractivity contribution >= 4 is 23.9 Å². The highest BCUT2D eigenvalue weighted by atomic mass is 19.3. The molecule has 0 aliphatic heterocycles. The molecule has 0 radical (unpaired) electrons. The van der Waals surface area contributed by atoms with Crippen molar-refractivity contribution in [3.8, 4) is 11.1 Å². The van der Waals surface area contributed by atoms with Crippen LogP contribution in [0.3, 0.4) is 0 Å². The van der Waals surface area contributed by atoms with Crippen LogP contribution in [0.25, 0.3) is 11.1 Å². The van der Waals surface area contributed by atoms with E-state index in [4.69, 9.17) is 9.84 Å². The Morgan fingerprint density at radius 3 is 2.12 bits per heavy atom. The van der Waals surface area contributed by atoms with Crippen molar-refractivity contribution in [2.24, 2.45) is 0 Å². The maximum atomic E-state index is 14.2. The second kappa shape index (κ2) is 10.3. The zero-order valence-corrected chi connectivity index (χ0v) is 18.0. The molecular weight excluding hydrogens is 454 g/mol. The molecule has 9 nitrogen and oxygen atoms in total. The number of esters is 1. The summed E-state index contributed by atoms with van der Waals surface area (Å²) in [5.41, 5.74) is 3.86. The van der Waals surface area contributed by atoms with Crippen molar-refractivity contribution in [1.82, 2.24) is 10.6 Å². The van der Waals surface area contributed by atoms with Crippen molar-refractivity contribution in [2.45, 2.75) is 24.3 Å². The highest BCUT2D eigenvalue weighted by Gasteiger charge is 2.42. The van der Waals surface area contributed by atoms with E-state index in [2.05, 4.69) is 4.74 Å². The molecule has 0 spiro atoms. The first-order chi connectivity index (χ1) is 16.1. The number of aliphatic carboxylic acids is 1. The van der Waals surface area contributed by atoms with Crippen LogP contribution in [0.5, 0.6) is 0 Å². The van der Waals surface area contributed by atoms with Gasteiger partial charge in [0, 0.05) is 5.92 Å². The van der Waals surface area contributed by atoms with Crippen molar-refractivity contribution in [3.63, 3.8) is 0 Å². The number of benzene rings is 2. The normalized spacial score (nSPS) is 13.3. The molecule has 0 heterocycles. The van der Waals surface area contributed by atoms with Crippen LogP contribution in [0.1, 0.15) is 23.5 Å². The van der Waals surface area contributed by atoms with Crippen LogP contribution in [-0.4, -0.2) is 61.3 Å². The number of carbonyl (C=O) groups excluding carboxylic acids is 3. The highest BCUT2D eigenvalue weighted by Crippen LogP contribution is 2.44. The topological polar surface area (TPSA) is 131 Å². The molecule has 0 aromatic heterocycles. The summed E-state index contributed by atoms with van der Waals surface area (Å²) < 4.78 is 37.7. The fraction of sp³-hybridized carbons (Fsp3) is 0.304. The Kier molecular flexibility index (Phi) is 7.44. The number of hydrogen-bond donors (Lipinski definition) is 3. The lowest BCUT2D eigenvalue weighted by molar-refractivity contribution is -0.153. The molecule has 11 heteroatoms. The van der Waals surface area contributed by atoms with Gasteiger partial charge in [-0.25, -0.2) is 9.59 Å². The smallest absolute Gasteiger partial charge is 0.407 e. The Balaban J connectivity index is 1.56. The average molecular weight is 476 g/mol. The molecule has 2 aromatic carbocycles. The van der Waals surface area contributed by atoms with E-state index in [0.717, 1.165) is 29.4 Å². The fourth-order valence-electron chi connectivity index (χ4n) is 3.63. The maximum absolute atomic E-state index is 14.2. The molecule has 3 rings (SSSR count). The van der Waals surface area contributed by atoms with Crippen molar-refractivity contribution in [1.29, 1.82) is 0 Å². The number of methoxy groups -OCH3 is 1. The number of hydrogen-bond acceptors (Lipinski definition) is 6. The van der Waals surface area contributed by atoms with E-state index in [9.17, 15) is 28.0 Å². The number of alkyl carbamates (subject to hydrolysis) is 1. The van der Waals surface area contributed by atoms with E-state index in [0.29, 0.717) is 0 Å². The van der Waals surface area contributed by atoms with E-state index in [1.54, 1.807) is 5.32 Å². The molecule has 0 saturated carbocycles. The number of alkyl halides is 2. The van der Waals surface area contributed by atoms with Gasteiger partial charge in [-0.15, -0.1) is 0 Å². The molecule has 0 saturated heterocycles. The molecule has 3 N–H and O–H groups in total. The van der Waals surface area contributed by atoms with Gasteiger partial charge in [0.15, 0.2) is 0 Å². The molecule has 2 aromatic rings. The molecule has 0 unspecified atom stereocenters. The zero-order chi connectivity index (χ0) is 24.9. The Labute approximate surface area is 193 Å². The molecule has 0 bridgehead atoms. The largest absolute Gasteiger partial charge is 0.480 e. The Hall–Kier alpha value is -4.02. The summed E-state index contributed by atoms with van der Waals surface area (Å²) in [6, 6.07) is 13.2. The monoisotopic (exact) mass is 476 g/mol. The van der Waals surface area contributed by atoms with Gasteiger partial charge in [0.2, 0.25) is 0 Å². The quantitative estimate of drug-likeness (QED) is 0.473. The molecule has 34 heavy (non-hydrogen) atoms. The highest BCUT2D eigenvalue weighted by molar-refractivity contribution is 5.90. The number of carbonyl (C=O) groups is 4. The Morgan fingerprint density at radius 2 is 1.59 bits per heavy atom. The predicted octanol–water partition coefficient (Wildman–Crippen LogP) is 2.29. The Morgan fingerprint density at radius 1 is 1.03 bits per heavy atom. The summed E-state index contributed by atoms with van der Waals surface area (Å²) in [4.78, 5) is 46.2. The molecule has 1 aliphatic rings. The lowest BCUT2D eigenvalue weighted by Crippen LogP contribution is -2.53. The van der Waals surface area contributed by atoms with Crippen LogP contribution < -0.4 is 10.6 Å². The summed E-state index contributed by atoms with van der Waals surface area (Å²) >= 11 is 0. The SMILES string of the molecule is COC(=O)C[C@H](NC(=O)C(F)(F)CNC(=O)OCC1c2ccccc2-c2ccccc21)C(=O)O. The minimum Gasteiger partial charge on any atom is -0.480 e. The van der Waals surface area contributed by atoms with Gasteiger partial charge in [0.25, 0.3) is 5.91 Å². The standard InChI is InChI=1S/C23H22F2N2O7/c1-33-19(28)10-18(20(29)30)27-21(31)23(24,25)12-26-22(32)34-11-17-15-8-4-2-6-13(15)14-7-3-5-9-16(14)17/h2-9,17-18H,10-12H2,1H3,(H,26,32)(H,27,31)(H,29,30)/t18-/m0/s1. The van der Waals surface area contributed by atoms with Crippen LogP contribution in [-0.2, 0) is 23.9 Å². The number of fused-ring (bicyclic) bond motifs is 3. The first kappa shape index (κ1) is 24.6. The third-order valence-corrected chi connectivity index (χ3v) is 5.33. The lowest BCUT2D eigenvalue weighted by Gasteiger charge is -2.20. The van der Waals surface area contributed by atoms with E-state index >= 15 is 0 Å². The second-order valence-electron chi connectivity index (χ2n) is 7.53. The van der Waals surface area contributed by atoms with Crippen LogP contribution in [0.15, 0.2) is 48.5 Å². The van der Waals surface area contributed by atoms with Gasteiger partial charge in [-0.1, -0.05) is 48.5 Å². The Bertz CT molecular complexity index is 1060. The molecular formula is C23H22F2N2O7. The average Bonchev–Trinajstić information content (AvgIpc) is 3.14. The summed E-state index contributed by atoms with van der Waals surface area (Å²) in [6.45, 7) is -1.54. The summed E-state index contributed by atoms with van der Waals surface area (Å²) in [5, 5.41) is 12.4. The molecule has 180 valence electrons. The minimum absolute atomic E-state index is 0.113. The van der Waals surface area contributed by atoms with Gasteiger partial charge >= 0.3 is 24.0 Å². The first-order valence-corrected chi connectivity index (χ1v) is 10.2. The van der Waals surface area contributed by atoms with Gasteiger partial charge in [-0.05, 0) is 22.3 Å². The zero-order valence-electron chi connectivity index (χ0n) is 18.0. The molecule has 1 atom stereocenters. The number of carboxylic acid groups (broad SMARTS) is 1. The number of nitrogens with one attached hydrogen (secondary N) is 2. The van der Waals surface area contributed by atoms with Crippen molar-refractivity contribution in [2.75, 3.05) is 20.3 Å². The summed E-state index contributed by atoms with van der Waals surface area (Å²) in [5.74, 6) is -9.11. The lowest BCUT2D eigenvalue weighted by atomic mass is 9.98. The minimum atomic E-state index is -4.16. The molecule has 1 aliphatic carbocycles. The van der Waals surface area contributed by atoms with E-state index in [-0.39, 0.29) is 12.5 Å². The number of rotatable bonds is 9. The fourth-order valence-corrected chi connectivity index (χ4v) is 3.63. The van der Waals surface area contributed by atoms with E-state index in [1.807, 2.05) is 53.8 Å². The number of carboxylic acids is 1. The van der Waals surface area contributed by atoms with Gasteiger partial charge < -0.3 is 25.2 Å². The number of halogens is 2. The summed E-state index contributed by atoms with van der Waals surface area (Å²) in [6.07, 6.45) is -2.01. The van der Waals surface area contributed by atoms with E-state index in [1.165, 1.54) is 0 Å². The van der Waals surface area contributed by atoms with Crippen molar-refractivity contribution < 1.29 is 42.5 Å². The van der Waals surface area contributed by atoms with Gasteiger partial charge in [-0.2, -0.15) is 8.78 Å². The maximum Gasteiger partial charge on any atom is 0.407 e. The van der Waals surface area contributed by atoms with Gasteiger partial charge in [0.1, 0.15) is 12.6 Å². The van der Waals surface area contributed by atoms with Crippen LogP contribution in [0.4, 0.5) is 13.6 Å².